The van der Waals surface area contributed by atoms with Crippen LogP contribution in [0.25, 0.3) is 22.1 Å². The molecule has 0 aliphatic carbocycles. The first-order chi connectivity index (χ1) is 16.7. The van der Waals surface area contributed by atoms with Gasteiger partial charge in [-0.15, -0.1) is 0 Å². The lowest BCUT2D eigenvalue weighted by Gasteiger charge is -2.33. The molecule has 1 atom stereocenters. The SMILES string of the molecule is Cn1nc(CN2CCOCC2)c2c1c1ncc(Br)cc1n2C(c1ccccc1)C1CCOCC1. The Labute approximate surface area is 207 Å². The summed E-state index contributed by atoms with van der Waals surface area (Å²) in [6, 6.07) is 13.3. The maximum Gasteiger partial charge on any atom is 0.114 e. The Kier molecular flexibility index (Phi) is 6.15. The molecule has 2 fully saturated rings. The number of halogens is 1. The third kappa shape index (κ3) is 3.96. The molecule has 7 nitrogen and oxygen atoms in total. The van der Waals surface area contributed by atoms with Crippen molar-refractivity contribution in [1.29, 1.82) is 0 Å². The smallest absolute Gasteiger partial charge is 0.114 e. The molecule has 0 N–H and O–H groups in total. The number of pyridine rings is 1. The van der Waals surface area contributed by atoms with E-state index in [0.29, 0.717) is 5.92 Å². The van der Waals surface area contributed by atoms with Crippen LogP contribution < -0.4 is 0 Å². The highest BCUT2D eigenvalue weighted by Gasteiger charge is 2.32. The van der Waals surface area contributed by atoms with Crippen molar-refractivity contribution >= 4 is 38.0 Å². The number of nitrogens with zero attached hydrogens (tertiary/aromatic N) is 5. The number of rotatable bonds is 5. The van der Waals surface area contributed by atoms with Gasteiger partial charge in [0.15, 0.2) is 0 Å². The Morgan fingerprint density at radius 1 is 1.03 bits per heavy atom. The van der Waals surface area contributed by atoms with Gasteiger partial charge in [0.2, 0.25) is 0 Å². The highest BCUT2D eigenvalue weighted by atomic mass is 79.9. The van der Waals surface area contributed by atoms with Crippen molar-refractivity contribution in [1.82, 2.24) is 24.2 Å². The second-order valence-electron chi connectivity index (χ2n) is 9.35. The van der Waals surface area contributed by atoms with Crippen molar-refractivity contribution in [3.05, 3.63) is 58.3 Å². The Morgan fingerprint density at radius 3 is 2.53 bits per heavy atom. The van der Waals surface area contributed by atoms with E-state index in [1.807, 2.05) is 17.9 Å². The summed E-state index contributed by atoms with van der Waals surface area (Å²) < 4.78 is 16.9. The average molecular weight is 524 g/mol. The molecule has 2 aliphatic heterocycles. The molecule has 0 bridgehead atoms. The minimum Gasteiger partial charge on any atom is -0.381 e. The van der Waals surface area contributed by atoms with Crippen LogP contribution in [-0.4, -0.2) is 63.7 Å². The topological polar surface area (TPSA) is 57.3 Å². The van der Waals surface area contributed by atoms with E-state index in [1.165, 1.54) is 11.1 Å². The number of benzene rings is 1. The number of aryl methyl sites for hydroxylation is 1. The maximum atomic E-state index is 5.76. The summed E-state index contributed by atoms with van der Waals surface area (Å²) in [5, 5.41) is 5.04. The third-order valence-electron chi connectivity index (χ3n) is 7.26. The molecule has 0 spiro atoms. The molecule has 2 saturated heterocycles. The summed E-state index contributed by atoms with van der Waals surface area (Å²) in [5.41, 5.74) is 6.92. The highest BCUT2D eigenvalue weighted by molar-refractivity contribution is 9.10. The number of fused-ring (bicyclic) bond motifs is 3. The summed E-state index contributed by atoms with van der Waals surface area (Å²) in [4.78, 5) is 7.33. The zero-order chi connectivity index (χ0) is 23.1. The van der Waals surface area contributed by atoms with Gasteiger partial charge in [0.25, 0.3) is 0 Å². The molecular formula is C26H30BrN5O2. The number of ether oxygens (including phenoxy) is 2. The van der Waals surface area contributed by atoms with Crippen LogP contribution >= 0.6 is 15.9 Å². The van der Waals surface area contributed by atoms with E-state index in [0.717, 1.165) is 85.6 Å². The van der Waals surface area contributed by atoms with Crippen LogP contribution in [0.15, 0.2) is 47.1 Å². The molecule has 1 unspecified atom stereocenters. The van der Waals surface area contributed by atoms with Crippen LogP contribution in [0.2, 0.25) is 0 Å². The fraction of sp³-hybridized carbons (Fsp3) is 0.462. The summed E-state index contributed by atoms with van der Waals surface area (Å²) in [6.07, 6.45) is 3.98. The van der Waals surface area contributed by atoms with E-state index < -0.39 is 0 Å². The quantitative estimate of drug-likeness (QED) is 0.384. The Morgan fingerprint density at radius 2 is 1.76 bits per heavy atom. The number of hydrogen-bond donors (Lipinski definition) is 0. The minimum absolute atomic E-state index is 0.189. The van der Waals surface area contributed by atoms with Crippen LogP contribution in [0.3, 0.4) is 0 Å². The van der Waals surface area contributed by atoms with E-state index in [4.69, 9.17) is 19.6 Å². The molecule has 0 radical (unpaired) electrons. The lowest BCUT2D eigenvalue weighted by molar-refractivity contribution is 0.0336. The fourth-order valence-corrected chi connectivity index (χ4v) is 6.00. The van der Waals surface area contributed by atoms with Crippen molar-refractivity contribution in [3.63, 3.8) is 0 Å². The first-order valence-corrected chi connectivity index (χ1v) is 12.9. The van der Waals surface area contributed by atoms with E-state index >= 15 is 0 Å². The van der Waals surface area contributed by atoms with Crippen molar-refractivity contribution in [2.45, 2.75) is 25.4 Å². The summed E-state index contributed by atoms with van der Waals surface area (Å²) in [6.45, 7) is 5.87. The van der Waals surface area contributed by atoms with Crippen LogP contribution in [0.4, 0.5) is 0 Å². The van der Waals surface area contributed by atoms with Gasteiger partial charge in [-0.3, -0.25) is 14.6 Å². The van der Waals surface area contributed by atoms with Crippen molar-refractivity contribution in [2.75, 3.05) is 39.5 Å². The maximum absolute atomic E-state index is 5.76. The van der Waals surface area contributed by atoms with Crippen molar-refractivity contribution in [3.8, 4) is 0 Å². The zero-order valence-corrected chi connectivity index (χ0v) is 21.1. The Bertz CT molecular complexity index is 1290. The van der Waals surface area contributed by atoms with Crippen molar-refractivity contribution < 1.29 is 9.47 Å². The number of morpholine rings is 1. The van der Waals surface area contributed by atoms with Gasteiger partial charge in [-0.1, -0.05) is 30.3 Å². The highest BCUT2D eigenvalue weighted by Crippen LogP contribution is 2.41. The first kappa shape index (κ1) is 22.2. The van der Waals surface area contributed by atoms with Gasteiger partial charge < -0.3 is 14.0 Å². The van der Waals surface area contributed by atoms with Gasteiger partial charge in [0.1, 0.15) is 16.7 Å². The minimum atomic E-state index is 0.189. The normalized spacial score (nSPS) is 19.2. The summed E-state index contributed by atoms with van der Waals surface area (Å²) in [7, 11) is 2.05. The van der Waals surface area contributed by atoms with Gasteiger partial charge in [-0.05, 0) is 46.3 Å². The van der Waals surface area contributed by atoms with Gasteiger partial charge in [-0.2, -0.15) is 5.10 Å². The predicted octanol–water partition coefficient (Wildman–Crippen LogP) is 4.53. The van der Waals surface area contributed by atoms with Crippen LogP contribution in [0, 0.1) is 5.92 Å². The predicted molar refractivity (Wildman–Crippen MR) is 136 cm³/mol. The molecule has 2 aliphatic rings. The number of aromatic nitrogens is 4. The molecule has 4 aromatic rings. The molecule has 178 valence electrons. The second-order valence-corrected chi connectivity index (χ2v) is 10.3. The van der Waals surface area contributed by atoms with Crippen LogP contribution in [-0.2, 0) is 23.1 Å². The van der Waals surface area contributed by atoms with Gasteiger partial charge in [0.05, 0.1) is 30.3 Å². The first-order valence-electron chi connectivity index (χ1n) is 12.1. The summed E-state index contributed by atoms with van der Waals surface area (Å²) in [5.74, 6) is 0.477. The van der Waals surface area contributed by atoms with E-state index in [-0.39, 0.29) is 6.04 Å². The fourth-order valence-electron chi connectivity index (χ4n) is 5.68. The van der Waals surface area contributed by atoms with E-state index in [1.54, 1.807) is 0 Å². The Hall–Kier alpha value is -2.26. The second kappa shape index (κ2) is 9.41. The van der Waals surface area contributed by atoms with Gasteiger partial charge >= 0.3 is 0 Å². The zero-order valence-electron chi connectivity index (χ0n) is 19.5. The lowest BCUT2D eigenvalue weighted by Crippen LogP contribution is -2.36. The van der Waals surface area contributed by atoms with Crippen molar-refractivity contribution in [2.24, 2.45) is 13.0 Å². The number of hydrogen-bond acceptors (Lipinski definition) is 5. The molecular weight excluding hydrogens is 494 g/mol. The monoisotopic (exact) mass is 523 g/mol. The average Bonchev–Trinajstić information content (AvgIpc) is 3.36. The van der Waals surface area contributed by atoms with Gasteiger partial charge in [0, 0.05) is 50.6 Å². The molecule has 1 aromatic carbocycles. The molecule has 34 heavy (non-hydrogen) atoms. The van der Waals surface area contributed by atoms with E-state index in [9.17, 15) is 0 Å². The Balaban J connectivity index is 1.60. The largest absolute Gasteiger partial charge is 0.381 e. The molecule has 3 aromatic heterocycles. The molecule has 0 amide bonds. The van der Waals surface area contributed by atoms with Gasteiger partial charge in [-0.25, -0.2) is 0 Å². The van der Waals surface area contributed by atoms with Crippen LogP contribution in [0.5, 0.6) is 0 Å². The third-order valence-corrected chi connectivity index (χ3v) is 7.69. The molecule has 8 heteroatoms. The standard InChI is InChI=1S/C26H30BrN5O2/c1-30-26-23-22(15-20(27)16-28-23)32(25(26)21(29-30)17-31-9-13-34-14-10-31)24(18-5-3-2-4-6-18)19-7-11-33-12-8-19/h2-6,15-16,19,24H,7-14,17H2,1H3. The molecule has 5 heterocycles. The lowest BCUT2D eigenvalue weighted by atomic mass is 9.86. The molecule has 0 saturated carbocycles. The molecule has 6 rings (SSSR count). The van der Waals surface area contributed by atoms with E-state index in [2.05, 4.69) is 61.8 Å². The van der Waals surface area contributed by atoms with Crippen LogP contribution in [0.1, 0.15) is 30.1 Å². The summed E-state index contributed by atoms with van der Waals surface area (Å²) >= 11 is 3.69.